The van der Waals surface area contributed by atoms with E-state index < -0.39 is 5.60 Å². The molecule has 1 saturated heterocycles. The van der Waals surface area contributed by atoms with E-state index in [9.17, 15) is 5.11 Å². The van der Waals surface area contributed by atoms with Crippen LogP contribution in [0, 0.1) is 12.8 Å². The molecule has 1 aromatic carbocycles. The predicted octanol–water partition coefficient (Wildman–Crippen LogP) is 2.77. The topological polar surface area (TPSA) is 83.6 Å². The Hall–Kier alpha value is -1.48. The van der Waals surface area contributed by atoms with Crippen molar-refractivity contribution < 1.29 is 14.9 Å². The summed E-state index contributed by atoms with van der Waals surface area (Å²) >= 11 is 3.63. The molecule has 29 heavy (non-hydrogen) atoms. The molecular formula is C21H29BrN4O3. The van der Waals surface area contributed by atoms with Crippen molar-refractivity contribution in [2.24, 2.45) is 5.92 Å². The van der Waals surface area contributed by atoms with E-state index in [1.165, 1.54) is 18.4 Å². The lowest BCUT2D eigenvalue weighted by atomic mass is 9.92. The predicted molar refractivity (Wildman–Crippen MR) is 115 cm³/mol. The molecule has 2 fully saturated rings. The normalized spacial score (nSPS) is 19.0. The lowest BCUT2D eigenvalue weighted by Crippen LogP contribution is -2.48. The molecular weight excluding hydrogens is 436 g/mol. The molecule has 2 N–H and O–H groups in total. The molecule has 1 aromatic heterocycles. The Morgan fingerprint density at radius 3 is 2.66 bits per heavy atom. The molecule has 1 aliphatic heterocycles. The van der Waals surface area contributed by atoms with E-state index in [4.69, 9.17) is 9.84 Å². The SMILES string of the molecule is Cc1ccc(-c2nnc(N3CCC(O)(COCCO)CC3)n2CC2CC2)cc1Br. The molecule has 158 valence electrons. The molecule has 2 aromatic rings. The van der Waals surface area contributed by atoms with Crippen molar-refractivity contribution in [2.45, 2.75) is 44.8 Å². The second kappa shape index (κ2) is 8.71. The van der Waals surface area contributed by atoms with Gasteiger partial charge in [0, 0.05) is 29.7 Å². The third-order valence-electron chi connectivity index (χ3n) is 5.88. The van der Waals surface area contributed by atoms with E-state index in [2.05, 4.69) is 60.7 Å². The Balaban J connectivity index is 1.53. The van der Waals surface area contributed by atoms with Gasteiger partial charge in [0.05, 0.1) is 25.4 Å². The van der Waals surface area contributed by atoms with Gasteiger partial charge in [-0.15, -0.1) is 10.2 Å². The van der Waals surface area contributed by atoms with Crippen LogP contribution >= 0.6 is 15.9 Å². The van der Waals surface area contributed by atoms with Crippen LogP contribution in [0.5, 0.6) is 0 Å². The van der Waals surface area contributed by atoms with E-state index in [-0.39, 0.29) is 19.8 Å². The van der Waals surface area contributed by atoms with Crippen molar-refractivity contribution in [2.75, 3.05) is 37.8 Å². The number of aliphatic hydroxyl groups is 2. The Kier molecular flexibility index (Phi) is 6.24. The van der Waals surface area contributed by atoms with Crippen LogP contribution in [0.1, 0.15) is 31.2 Å². The number of nitrogens with zero attached hydrogens (tertiary/aromatic N) is 4. The molecule has 0 unspecified atom stereocenters. The van der Waals surface area contributed by atoms with Gasteiger partial charge in [0.15, 0.2) is 5.82 Å². The van der Waals surface area contributed by atoms with Crippen molar-refractivity contribution in [1.29, 1.82) is 0 Å². The fraction of sp³-hybridized carbons (Fsp3) is 0.619. The Bertz CT molecular complexity index is 844. The third-order valence-corrected chi connectivity index (χ3v) is 6.74. The van der Waals surface area contributed by atoms with Crippen LogP contribution in [0.2, 0.25) is 0 Å². The van der Waals surface area contributed by atoms with E-state index in [0.29, 0.717) is 31.8 Å². The van der Waals surface area contributed by atoms with Crippen molar-refractivity contribution in [1.82, 2.24) is 14.8 Å². The molecule has 1 aliphatic carbocycles. The summed E-state index contributed by atoms with van der Waals surface area (Å²) in [7, 11) is 0. The number of rotatable bonds is 8. The maximum Gasteiger partial charge on any atom is 0.227 e. The molecule has 1 saturated carbocycles. The van der Waals surface area contributed by atoms with Crippen LogP contribution < -0.4 is 4.90 Å². The highest BCUT2D eigenvalue weighted by molar-refractivity contribution is 9.10. The molecule has 2 heterocycles. The minimum absolute atomic E-state index is 0.0234. The summed E-state index contributed by atoms with van der Waals surface area (Å²) in [5.41, 5.74) is 1.42. The standard InChI is InChI=1S/C21H29BrN4O3/c1-15-2-5-17(12-18(15)22)19-23-24-20(26(19)13-16-3-4-16)25-8-6-21(28,7-9-25)14-29-11-10-27/h2,5,12,16,27-28H,3-4,6-11,13-14H2,1H3. The molecule has 8 heteroatoms. The second-order valence-electron chi connectivity index (χ2n) is 8.33. The van der Waals surface area contributed by atoms with Crippen molar-refractivity contribution >= 4 is 21.9 Å². The van der Waals surface area contributed by atoms with Crippen molar-refractivity contribution in [3.63, 3.8) is 0 Å². The van der Waals surface area contributed by atoms with Gasteiger partial charge >= 0.3 is 0 Å². The molecule has 0 atom stereocenters. The maximum atomic E-state index is 10.7. The largest absolute Gasteiger partial charge is 0.394 e. The van der Waals surface area contributed by atoms with Crippen LogP contribution in [0.15, 0.2) is 22.7 Å². The van der Waals surface area contributed by atoms with Crippen LogP contribution in [-0.4, -0.2) is 63.5 Å². The average Bonchev–Trinajstić information content (AvgIpc) is 3.43. The molecule has 0 amide bonds. The van der Waals surface area contributed by atoms with Crippen LogP contribution in [0.25, 0.3) is 11.4 Å². The number of aliphatic hydroxyl groups excluding tert-OH is 1. The second-order valence-corrected chi connectivity index (χ2v) is 9.18. The van der Waals surface area contributed by atoms with Gasteiger partial charge in [-0.1, -0.05) is 28.1 Å². The van der Waals surface area contributed by atoms with E-state index in [0.717, 1.165) is 28.4 Å². The van der Waals surface area contributed by atoms with Gasteiger partial charge in [0.25, 0.3) is 0 Å². The summed E-state index contributed by atoms with van der Waals surface area (Å²) in [6.07, 6.45) is 3.74. The summed E-state index contributed by atoms with van der Waals surface area (Å²) < 4.78 is 8.70. The maximum absolute atomic E-state index is 10.7. The Morgan fingerprint density at radius 1 is 1.24 bits per heavy atom. The number of piperidine rings is 1. The summed E-state index contributed by atoms with van der Waals surface area (Å²) in [5, 5.41) is 28.7. The molecule has 4 rings (SSSR count). The van der Waals surface area contributed by atoms with Crippen molar-refractivity contribution in [3.8, 4) is 11.4 Å². The first-order chi connectivity index (χ1) is 14.0. The fourth-order valence-electron chi connectivity index (χ4n) is 3.79. The van der Waals surface area contributed by atoms with E-state index in [1.54, 1.807) is 0 Å². The number of benzene rings is 1. The molecule has 2 aliphatic rings. The number of halogens is 1. The molecule has 0 spiro atoms. The number of anilines is 1. The van der Waals surface area contributed by atoms with Crippen LogP contribution in [-0.2, 0) is 11.3 Å². The van der Waals surface area contributed by atoms with Gasteiger partial charge in [0.1, 0.15) is 0 Å². The zero-order chi connectivity index (χ0) is 20.4. The average molecular weight is 465 g/mol. The Labute approximate surface area is 179 Å². The summed E-state index contributed by atoms with van der Waals surface area (Å²) in [6.45, 7) is 4.93. The number of ether oxygens (including phenoxy) is 1. The first-order valence-electron chi connectivity index (χ1n) is 10.3. The van der Waals surface area contributed by atoms with Gasteiger partial charge in [-0.3, -0.25) is 4.57 Å². The van der Waals surface area contributed by atoms with Crippen molar-refractivity contribution in [3.05, 3.63) is 28.2 Å². The van der Waals surface area contributed by atoms with Gasteiger partial charge in [0.2, 0.25) is 5.95 Å². The minimum Gasteiger partial charge on any atom is -0.394 e. The minimum atomic E-state index is -0.836. The summed E-state index contributed by atoms with van der Waals surface area (Å²) in [5.74, 6) is 2.49. The number of aromatic nitrogens is 3. The monoisotopic (exact) mass is 464 g/mol. The van der Waals surface area contributed by atoms with Gasteiger partial charge in [-0.05, 0) is 50.2 Å². The first kappa shape index (κ1) is 20.8. The lowest BCUT2D eigenvalue weighted by molar-refractivity contribution is -0.0659. The summed E-state index contributed by atoms with van der Waals surface area (Å²) in [6, 6.07) is 6.31. The van der Waals surface area contributed by atoms with Gasteiger partial charge in [-0.2, -0.15) is 0 Å². The fourth-order valence-corrected chi connectivity index (χ4v) is 4.17. The summed E-state index contributed by atoms with van der Waals surface area (Å²) in [4.78, 5) is 2.22. The van der Waals surface area contributed by atoms with E-state index in [1.807, 2.05) is 0 Å². The van der Waals surface area contributed by atoms with Crippen LogP contribution in [0.4, 0.5) is 5.95 Å². The lowest BCUT2D eigenvalue weighted by Gasteiger charge is -2.38. The quantitative estimate of drug-likeness (QED) is 0.584. The zero-order valence-electron chi connectivity index (χ0n) is 16.8. The highest BCUT2D eigenvalue weighted by Gasteiger charge is 2.35. The smallest absolute Gasteiger partial charge is 0.227 e. The zero-order valence-corrected chi connectivity index (χ0v) is 18.4. The van der Waals surface area contributed by atoms with Gasteiger partial charge < -0.3 is 19.8 Å². The van der Waals surface area contributed by atoms with Gasteiger partial charge in [-0.25, -0.2) is 0 Å². The molecule has 0 bridgehead atoms. The number of hydrogen-bond acceptors (Lipinski definition) is 6. The van der Waals surface area contributed by atoms with Crippen LogP contribution in [0.3, 0.4) is 0 Å². The molecule has 7 nitrogen and oxygen atoms in total. The first-order valence-corrected chi connectivity index (χ1v) is 11.1. The Morgan fingerprint density at radius 2 is 2.00 bits per heavy atom. The molecule has 0 radical (unpaired) electrons. The highest BCUT2D eigenvalue weighted by atomic mass is 79.9. The third kappa shape index (κ3) is 4.82. The van der Waals surface area contributed by atoms with E-state index >= 15 is 0 Å². The highest BCUT2D eigenvalue weighted by Crippen LogP contribution is 2.36. The number of aryl methyl sites for hydroxylation is 1. The number of hydrogen-bond donors (Lipinski definition) is 2.